The number of esters is 1. The van der Waals surface area contributed by atoms with Gasteiger partial charge < -0.3 is 9.64 Å². The lowest BCUT2D eigenvalue weighted by Gasteiger charge is -2.31. The second-order valence-corrected chi connectivity index (χ2v) is 5.98. The average molecular weight is 292 g/mol. The maximum absolute atomic E-state index is 12.0. The first-order valence-electron chi connectivity index (χ1n) is 7.51. The van der Waals surface area contributed by atoms with Gasteiger partial charge in [0.25, 0.3) is 0 Å². The van der Waals surface area contributed by atoms with Gasteiger partial charge in [0.1, 0.15) is 5.54 Å². The Labute approximate surface area is 128 Å². The van der Waals surface area contributed by atoms with Crippen LogP contribution in [0.4, 0.5) is 5.69 Å². The minimum atomic E-state index is -0.625. The predicted molar refractivity (Wildman–Crippen MR) is 87.6 cm³/mol. The summed E-state index contributed by atoms with van der Waals surface area (Å²) < 4.78 is 4.94. The first-order chi connectivity index (χ1) is 9.89. The van der Waals surface area contributed by atoms with Crippen molar-refractivity contribution in [3.05, 3.63) is 30.3 Å². The van der Waals surface area contributed by atoms with Gasteiger partial charge in [-0.3, -0.25) is 10.1 Å². The van der Waals surface area contributed by atoms with Gasteiger partial charge in [0, 0.05) is 25.3 Å². The van der Waals surface area contributed by atoms with E-state index in [9.17, 15) is 4.79 Å². The topological polar surface area (TPSA) is 41.6 Å². The van der Waals surface area contributed by atoms with Crippen LogP contribution in [0.2, 0.25) is 0 Å². The molecule has 0 aromatic heterocycles. The van der Waals surface area contributed by atoms with Crippen molar-refractivity contribution in [2.75, 3.05) is 25.6 Å². The monoisotopic (exact) mass is 292 g/mol. The lowest BCUT2D eigenvalue weighted by Crippen LogP contribution is -2.53. The second kappa shape index (κ2) is 8.03. The molecule has 4 heteroatoms. The SMILES string of the molecule is COC(=O)C(C)(CCCN(C)c1ccccc1)NC(C)C. The summed E-state index contributed by atoms with van der Waals surface area (Å²) in [5.74, 6) is -0.196. The molecule has 0 aliphatic rings. The summed E-state index contributed by atoms with van der Waals surface area (Å²) in [5.41, 5.74) is 0.564. The van der Waals surface area contributed by atoms with Crippen LogP contribution in [0.3, 0.4) is 0 Å². The van der Waals surface area contributed by atoms with Gasteiger partial charge in [0.2, 0.25) is 0 Å². The van der Waals surface area contributed by atoms with Crippen molar-refractivity contribution < 1.29 is 9.53 Å². The Morgan fingerprint density at radius 1 is 1.33 bits per heavy atom. The third kappa shape index (κ3) is 5.38. The highest BCUT2D eigenvalue weighted by Crippen LogP contribution is 2.18. The second-order valence-electron chi connectivity index (χ2n) is 5.98. The number of methoxy groups -OCH3 is 1. The van der Waals surface area contributed by atoms with Crippen LogP contribution in [0.15, 0.2) is 30.3 Å². The van der Waals surface area contributed by atoms with Gasteiger partial charge in [0.05, 0.1) is 7.11 Å². The van der Waals surface area contributed by atoms with Gasteiger partial charge in [0.15, 0.2) is 0 Å². The molecular formula is C17H28N2O2. The van der Waals surface area contributed by atoms with Crippen LogP contribution < -0.4 is 10.2 Å². The molecule has 0 fully saturated rings. The summed E-state index contributed by atoms with van der Waals surface area (Å²) >= 11 is 0. The van der Waals surface area contributed by atoms with Crippen LogP contribution >= 0.6 is 0 Å². The molecule has 0 amide bonds. The maximum atomic E-state index is 12.0. The van der Waals surface area contributed by atoms with Crippen molar-refractivity contribution >= 4 is 11.7 Å². The van der Waals surface area contributed by atoms with E-state index >= 15 is 0 Å². The van der Waals surface area contributed by atoms with Gasteiger partial charge in [-0.1, -0.05) is 18.2 Å². The molecule has 0 heterocycles. The van der Waals surface area contributed by atoms with E-state index in [1.54, 1.807) is 0 Å². The molecule has 21 heavy (non-hydrogen) atoms. The molecule has 0 aliphatic carbocycles. The van der Waals surface area contributed by atoms with Gasteiger partial charge >= 0.3 is 5.97 Å². The van der Waals surface area contributed by atoms with Gasteiger partial charge in [-0.05, 0) is 45.7 Å². The van der Waals surface area contributed by atoms with Crippen molar-refractivity contribution in [1.82, 2.24) is 5.32 Å². The minimum absolute atomic E-state index is 0.196. The molecule has 0 saturated heterocycles. The molecule has 0 saturated carbocycles. The number of nitrogens with zero attached hydrogens (tertiary/aromatic N) is 1. The number of hydrogen-bond donors (Lipinski definition) is 1. The van der Waals surface area contributed by atoms with E-state index in [0.29, 0.717) is 0 Å². The quantitative estimate of drug-likeness (QED) is 0.748. The number of anilines is 1. The van der Waals surface area contributed by atoms with Crippen molar-refractivity contribution in [1.29, 1.82) is 0 Å². The van der Waals surface area contributed by atoms with E-state index in [2.05, 4.69) is 29.4 Å². The van der Waals surface area contributed by atoms with Gasteiger partial charge in [-0.2, -0.15) is 0 Å². The highest BCUT2D eigenvalue weighted by atomic mass is 16.5. The van der Waals surface area contributed by atoms with Crippen molar-refractivity contribution in [2.24, 2.45) is 0 Å². The highest BCUT2D eigenvalue weighted by molar-refractivity contribution is 5.80. The standard InChI is InChI=1S/C17H28N2O2/c1-14(2)18-17(3,16(20)21-5)12-9-13-19(4)15-10-7-6-8-11-15/h6-8,10-11,14,18H,9,12-13H2,1-5H3. The first-order valence-corrected chi connectivity index (χ1v) is 7.51. The fourth-order valence-electron chi connectivity index (χ4n) is 2.58. The Morgan fingerprint density at radius 2 is 1.95 bits per heavy atom. The number of para-hydroxylation sites is 1. The van der Waals surface area contributed by atoms with Crippen molar-refractivity contribution in [3.8, 4) is 0 Å². The number of carbonyl (C=O) groups is 1. The lowest BCUT2D eigenvalue weighted by atomic mass is 9.94. The Balaban J connectivity index is 2.56. The summed E-state index contributed by atoms with van der Waals surface area (Å²) in [6.45, 7) is 6.90. The number of ether oxygens (including phenoxy) is 1. The fraction of sp³-hybridized carbons (Fsp3) is 0.588. The van der Waals surface area contributed by atoms with Crippen molar-refractivity contribution in [2.45, 2.75) is 45.2 Å². The number of nitrogens with one attached hydrogen (secondary N) is 1. The molecule has 1 N–H and O–H groups in total. The van der Waals surface area contributed by atoms with Crippen LogP contribution in [-0.2, 0) is 9.53 Å². The molecular weight excluding hydrogens is 264 g/mol. The van der Waals surface area contributed by atoms with Crippen LogP contribution in [-0.4, -0.2) is 38.3 Å². The van der Waals surface area contributed by atoms with E-state index in [4.69, 9.17) is 4.74 Å². The van der Waals surface area contributed by atoms with E-state index in [0.717, 1.165) is 19.4 Å². The summed E-state index contributed by atoms with van der Waals surface area (Å²) in [4.78, 5) is 14.2. The van der Waals surface area contributed by atoms with E-state index in [1.807, 2.05) is 39.0 Å². The number of carbonyl (C=O) groups excluding carboxylic acids is 1. The molecule has 0 bridgehead atoms. The molecule has 1 aromatic carbocycles. The molecule has 1 unspecified atom stereocenters. The summed E-state index contributed by atoms with van der Waals surface area (Å²) in [6.07, 6.45) is 1.66. The maximum Gasteiger partial charge on any atom is 0.325 e. The molecule has 0 radical (unpaired) electrons. The Bertz CT molecular complexity index is 434. The van der Waals surface area contributed by atoms with Gasteiger partial charge in [-0.15, -0.1) is 0 Å². The first kappa shape index (κ1) is 17.5. The Hall–Kier alpha value is -1.55. The molecule has 1 atom stereocenters. The molecule has 0 aliphatic heterocycles. The normalized spacial score (nSPS) is 13.8. The molecule has 4 nitrogen and oxygen atoms in total. The Morgan fingerprint density at radius 3 is 2.48 bits per heavy atom. The minimum Gasteiger partial charge on any atom is -0.468 e. The smallest absolute Gasteiger partial charge is 0.325 e. The molecule has 0 spiro atoms. The zero-order chi connectivity index (χ0) is 15.9. The highest BCUT2D eigenvalue weighted by Gasteiger charge is 2.34. The number of hydrogen-bond acceptors (Lipinski definition) is 4. The summed E-state index contributed by atoms with van der Waals surface area (Å²) in [6, 6.07) is 10.5. The third-order valence-electron chi connectivity index (χ3n) is 3.61. The molecule has 1 aromatic rings. The predicted octanol–water partition coefficient (Wildman–Crippen LogP) is 2.83. The largest absolute Gasteiger partial charge is 0.468 e. The van der Waals surface area contributed by atoms with Gasteiger partial charge in [-0.25, -0.2) is 0 Å². The van der Waals surface area contributed by atoms with Crippen molar-refractivity contribution in [3.63, 3.8) is 0 Å². The van der Waals surface area contributed by atoms with Crippen LogP contribution in [0, 0.1) is 0 Å². The van der Waals surface area contributed by atoms with Crippen LogP contribution in [0.1, 0.15) is 33.6 Å². The zero-order valence-electron chi connectivity index (χ0n) is 13.8. The summed E-state index contributed by atoms with van der Waals surface area (Å²) in [7, 11) is 3.51. The van der Waals surface area contributed by atoms with Crippen LogP contribution in [0.5, 0.6) is 0 Å². The third-order valence-corrected chi connectivity index (χ3v) is 3.61. The molecule has 118 valence electrons. The van der Waals surface area contributed by atoms with E-state index in [-0.39, 0.29) is 12.0 Å². The lowest BCUT2D eigenvalue weighted by molar-refractivity contribution is -0.148. The number of rotatable bonds is 8. The van der Waals surface area contributed by atoms with Crippen LogP contribution in [0.25, 0.3) is 0 Å². The summed E-state index contributed by atoms with van der Waals surface area (Å²) in [5, 5.41) is 3.33. The van der Waals surface area contributed by atoms with E-state index < -0.39 is 5.54 Å². The Kier molecular flexibility index (Phi) is 6.69. The average Bonchev–Trinajstić information content (AvgIpc) is 2.46. The fourth-order valence-corrected chi connectivity index (χ4v) is 2.58. The number of benzene rings is 1. The van der Waals surface area contributed by atoms with E-state index in [1.165, 1.54) is 12.8 Å². The molecule has 1 rings (SSSR count). The zero-order valence-corrected chi connectivity index (χ0v) is 13.8.